The molecule has 0 aliphatic heterocycles. The maximum absolute atomic E-state index is 11.5. The molecular weight excluding hydrogens is 268 g/mol. The van der Waals surface area contributed by atoms with Crippen molar-refractivity contribution < 1.29 is 4.79 Å². The molecule has 1 aliphatic rings. The number of fused-ring (bicyclic) bond motifs is 1. The number of Topliss-reactive ketones (excluding diaryl/α,β-unsaturated/α-hetero) is 1. The van der Waals surface area contributed by atoms with Crippen LogP contribution in [0.2, 0.25) is 5.02 Å². The van der Waals surface area contributed by atoms with E-state index in [1.807, 2.05) is 6.92 Å². The number of ketones is 1. The fourth-order valence-electron chi connectivity index (χ4n) is 3.18. The van der Waals surface area contributed by atoms with Crippen LogP contribution in [0.4, 0.5) is 0 Å². The van der Waals surface area contributed by atoms with E-state index in [4.69, 9.17) is 11.6 Å². The summed E-state index contributed by atoms with van der Waals surface area (Å²) in [5.41, 5.74) is 4.18. The Morgan fingerprint density at radius 2 is 1.85 bits per heavy atom. The van der Waals surface area contributed by atoms with Crippen LogP contribution >= 0.6 is 11.6 Å². The smallest absolute Gasteiger partial charge is 0.132 e. The van der Waals surface area contributed by atoms with E-state index >= 15 is 0 Å². The zero-order chi connectivity index (χ0) is 14.5. The molecule has 20 heavy (non-hydrogen) atoms. The van der Waals surface area contributed by atoms with Crippen molar-refractivity contribution in [1.29, 1.82) is 0 Å². The van der Waals surface area contributed by atoms with E-state index < -0.39 is 0 Å². The molecule has 2 heteroatoms. The van der Waals surface area contributed by atoms with Crippen molar-refractivity contribution in [2.75, 3.05) is 0 Å². The molecule has 0 radical (unpaired) electrons. The Kier molecular flexibility index (Phi) is 5.65. The van der Waals surface area contributed by atoms with Crippen molar-refractivity contribution >= 4 is 17.4 Å². The van der Waals surface area contributed by atoms with Crippen LogP contribution in [0.5, 0.6) is 0 Å². The summed E-state index contributed by atoms with van der Waals surface area (Å²) < 4.78 is 0. The average molecular weight is 293 g/mol. The summed E-state index contributed by atoms with van der Waals surface area (Å²) in [6, 6.07) is 4.50. The Morgan fingerprint density at radius 3 is 2.45 bits per heavy atom. The van der Waals surface area contributed by atoms with E-state index in [9.17, 15) is 4.79 Å². The fourth-order valence-corrected chi connectivity index (χ4v) is 3.52. The van der Waals surface area contributed by atoms with Gasteiger partial charge >= 0.3 is 0 Å². The molecule has 0 saturated heterocycles. The maximum atomic E-state index is 11.5. The number of carbonyl (C=O) groups excluding carboxylic acids is 1. The molecule has 1 aliphatic carbocycles. The number of halogens is 1. The highest BCUT2D eigenvalue weighted by Gasteiger charge is 2.18. The third-order valence-corrected chi connectivity index (χ3v) is 4.89. The highest BCUT2D eigenvalue weighted by atomic mass is 35.5. The molecule has 0 spiro atoms. The SMILES string of the molecule is CCC(=O)CCC(CC)c1cc2c(cc1Cl)CCCC2. The maximum Gasteiger partial charge on any atom is 0.132 e. The van der Waals surface area contributed by atoms with Gasteiger partial charge in [0.2, 0.25) is 0 Å². The van der Waals surface area contributed by atoms with E-state index in [0.717, 1.165) is 17.9 Å². The van der Waals surface area contributed by atoms with Crippen LogP contribution in [-0.2, 0) is 17.6 Å². The van der Waals surface area contributed by atoms with Gasteiger partial charge in [0.05, 0.1) is 0 Å². The van der Waals surface area contributed by atoms with E-state index in [2.05, 4.69) is 19.1 Å². The lowest BCUT2D eigenvalue weighted by atomic mass is 9.85. The number of benzene rings is 1. The van der Waals surface area contributed by atoms with Gasteiger partial charge in [-0.25, -0.2) is 0 Å². The van der Waals surface area contributed by atoms with Crippen LogP contribution in [-0.4, -0.2) is 5.78 Å². The minimum Gasteiger partial charge on any atom is -0.300 e. The Labute approximate surface area is 127 Å². The average Bonchev–Trinajstić information content (AvgIpc) is 2.47. The summed E-state index contributed by atoms with van der Waals surface area (Å²) >= 11 is 6.50. The molecule has 1 aromatic carbocycles. The second-order valence-electron chi connectivity index (χ2n) is 5.89. The molecule has 0 amide bonds. The number of rotatable bonds is 6. The lowest BCUT2D eigenvalue weighted by molar-refractivity contribution is -0.118. The molecule has 0 N–H and O–H groups in total. The van der Waals surface area contributed by atoms with Crippen molar-refractivity contribution in [3.8, 4) is 0 Å². The Hall–Kier alpha value is -0.820. The summed E-state index contributed by atoms with van der Waals surface area (Å²) in [6.07, 6.45) is 8.24. The summed E-state index contributed by atoms with van der Waals surface area (Å²) in [5, 5.41) is 0.904. The van der Waals surface area contributed by atoms with Crippen molar-refractivity contribution in [2.45, 2.75) is 71.1 Å². The van der Waals surface area contributed by atoms with Crippen LogP contribution in [0.3, 0.4) is 0 Å². The first-order valence-corrected chi connectivity index (χ1v) is 8.36. The van der Waals surface area contributed by atoms with Gasteiger partial charge in [-0.3, -0.25) is 4.79 Å². The highest BCUT2D eigenvalue weighted by molar-refractivity contribution is 6.31. The molecule has 1 unspecified atom stereocenters. The Balaban J connectivity index is 2.18. The monoisotopic (exact) mass is 292 g/mol. The van der Waals surface area contributed by atoms with E-state index in [1.165, 1.54) is 42.4 Å². The zero-order valence-electron chi connectivity index (χ0n) is 12.7. The minimum atomic E-state index is 0.359. The van der Waals surface area contributed by atoms with Crippen molar-refractivity contribution in [1.82, 2.24) is 0 Å². The lowest BCUT2D eigenvalue weighted by Gasteiger charge is -2.22. The van der Waals surface area contributed by atoms with Crippen LogP contribution in [0, 0.1) is 0 Å². The van der Waals surface area contributed by atoms with Gasteiger partial charge in [-0.2, -0.15) is 0 Å². The molecule has 1 atom stereocenters. The first-order valence-electron chi connectivity index (χ1n) is 7.98. The first-order chi connectivity index (χ1) is 9.65. The summed E-state index contributed by atoms with van der Waals surface area (Å²) in [4.78, 5) is 11.5. The van der Waals surface area contributed by atoms with E-state index in [0.29, 0.717) is 24.5 Å². The van der Waals surface area contributed by atoms with Gasteiger partial charge in [-0.15, -0.1) is 0 Å². The summed E-state index contributed by atoms with van der Waals surface area (Å²) in [7, 11) is 0. The second-order valence-corrected chi connectivity index (χ2v) is 6.29. The largest absolute Gasteiger partial charge is 0.300 e. The number of hydrogen-bond acceptors (Lipinski definition) is 1. The molecule has 0 bridgehead atoms. The van der Waals surface area contributed by atoms with Crippen molar-refractivity contribution in [3.63, 3.8) is 0 Å². The van der Waals surface area contributed by atoms with Crippen molar-refractivity contribution in [3.05, 3.63) is 33.8 Å². The molecule has 1 aromatic rings. The van der Waals surface area contributed by atoms with Gasteiger partial charge in [0.25, 0.3) is 0 Å². The minimum absolute atomic E-state index is 0.359. The standard InChI is InChI=1S/C18H25ClO/c1-3-13(9-10-16(20)4-2)17-11-14-7-5-6-8-15(14)12-18(17)19/h11-13H,3-10H2,1-2H3. The third-order valence-electron chi connectivity index (χ3n) is 4.56. The predicted octanol–water partition coefficient (Wildman–Crippen LogP) is 5.47. The molecule has 0 saturated carbocycles. The quantitative estimate of drug-likeness (QED) is 0.679. The van der Waals surface area contributed by atoms with E-state index in [-0.39, 0.29) is 0 Å². The third kappa shape index (κ3) is 3.63. The van der Waals surface area contributed by atoms with Gasteiger partial charge in [0.15, 0.2) is 0 Å². The number of hydrogen-bond donors (Lipinski definition) is 0. The molecule has 1 nitrogen and oxygen atoms in total. The fraction of sp³-hybridized carbons (Fsp3) is 0.611. The molecular formula is C18H25ClO. The van der Waals surface area contributed by atoms with Crippen molar-refractivity contribution in [2.24, 2.45) is 0 Å². The molecule has 0 fully saturated rings. The van der Waals surface area contributed by atoms with Gasteiger partial charge < -0.3 is 0 Å². The van der Waals surface area contributed by atoms with Crippen LogP contribution < -0.4 is 0 Å². The second kappa shape index (κ2) is 7.26. The Bertz CT molecular complexity index is 479. The highest BCUT2D eigenvalue weighted by Crippen LogP contribution is 2.35. The van der Waals surface area contributed by atoms with E-state index in [1.54, 1.807) is 0 Å². The summed E-state index contributed by atoms with van der Waals surface area (Å²) in [6.45, 7) is 4.13. The zero-order valence-corrected chi connectivity index (χ0v) is 13.4. The Morgan fingerprint density at radius 1 is 1.20 bits per heavy atom. The normalized spacial score (nSPS) is 15.8. The predicted molar refractivity (Wildman–Crippen MR) is 85.7 cm³/mol. The first kappa shape index (κ1) is 15.6. The van der Waals surface area contributed by atoms with Gasteiger partial charge in [0.1, 0.15) is 5.78 Å². The topological polar surface area (TPSA) is 17.1 Å². The van der Waals surface area contributed by atoms with Crippen LogP contribution in [0.15, 0.2) is 12.1 Å². The van der Waals surface area contributed by atoms with Crippen LogP contribution in [0.25, 0.3) is 0 Å². The molecule has 0 aromatic heterocycles. The number of carbonyl (C=O) groups is 1. The summed E-state index contributed by atoms with van der Waals surface area (Å²) in [5.74, 6) is 0.780. The lowest BCUT2D eigenvalue weighted by Crippen LogP contribution is -2.08. The number of aryl methyl sites for hydroxylation is 2. The van der Waals surface area contributed by atoms with Crippen LogP contribution in [0.1, 0.15) is 75.0 Å². The molecule has 0 heterocycles. The van der Waals surface area contributed by atoms with Gasteiger partial charge in [0, 0.05) is 17.9 Å². The molecule has 110 valence electrons. The van der Waals surface area contributed by atoms with Gasteiger partial charge in [-0.1, -0.05) is 31.5 Å². The molecule has 2 rings (SSSR count). The van der Waals surface area contributed by atoms with Gasteiger partial charge in [-0.05, 0) is 67.2 Å².